The maximum absolute atomic E-state index is 10.8. The molecule has 0 aliphatic carbocycles. The van der Waals surface area contributed by atoms with Gasteiger partial charge in [-0.05, 0) is 73.4 Å². The van der Waals surface area contributed by atoms with Crippen LogP contribution < -0.4 is 10.6 Å². The van der Waals surface area contributed by atoms with Gasteiger partial charge in [-0.25, -0.2) is 14.8 Å². The van der Waals surface area contributed by atoms with E-state index in [1.54, 1.807) is 12.3 Å². The highest BCUT2D eigenvalue weighted by Crippen LogP contribution is 2.25. The largest absolute Gasteiger partial charge is 0.478 e. The molecule has 0 spiro atoms. The molecule has 1 aromatic carbocycles. The summed E-state index contributed by atoms with van der Waals surface area (Å²) >= 11 is 0. The van der Waals surface area contributed by atoms with E-state index in [0.717, 1.165) is 48.1 Å². The Hall–Kier alpha value is -3.83. The van der Waals surface area contributed by atoms with E-state index in [1.807, 2.05) is 37.2 Å². The lowest BCUT2D eigenvalue weighted by Crippen LogP contribution is -2.46. The van der Waals surface area contributed by atoms with Crippen molar-refractivity contribution in [1.82, 2.24) is 14.8 Å². The number of nitrogens with zero attached hydrogens (tertiary/aromatic N) is 5. The first-order valence-electron chi connectivity index (χ1n) is 14.3. The minimum atomic E-state index is -1.03. The molecule has 42 heavy (non-hydrogen) atoms. The van der Waals surface area contributed by atoms with Gasteiger partial charge in [0.15, 0.2) is 0 Å². The summed E-state index contributed by atoms with van der Waals surface area (Å²) in [6.45, 7) is 9.73. The Kier molecular flexibility index (Phi) is 12.4. The molecule has 1 atom stereocenters. The molecular weight excluding hydrogens is 532 g/mol. The number of nitrogens with two attached hydrogens (primary N) is 1. The number of aliphatic carboxylic acids is 1. The Morgan fingerprint density at radius 2 is 1.98 bits per heavy atom. The Bertz CT molecular complexity index is 1330. The quantitative estimate of drug-likeness (QED) is 0.161. The molecule has 10 heteroatoms. The van der Waals surface area contributed by atoms with E-state index >= 15 is 0 Å². The number of carboxylic acids is 1. The van der Waals surface area contributed by atoms with Gasteiger partial charge in [-0.1, -0.05) is 31.2 Å². The maximum Gasteiger partial charge on any atom is 0.328 e. The monoisotopic (exact) mass is 576 g/mol. The van der Waals surface area contributed by atoms with E-state index in [1.165, 1.54) is 11.6 Å². The third kappa shape index (κ3) is 8.83. The number of rotatable bonds is 13. The van der Waals surface area contributed by atoms with E-state index in [-0.39, 0.29) is 13.2 Å². The zero-order valence-electron chi connectivity index (χ0n) is 25.1. The van der Waals surface area contributed by atoms with E-state index in [4.69, 9.17) is 15.8 Å². The fourth-order valence-corrected chi connectivity index (χ4v) is 4.80. The average molecular weight is 577 g/mol. The minimum Gasteiger partial charge on any atom is -0.478 e. The van der Waals surface area contributed by atoms with Crippen molar-refractivity contribution < 1.29 is 20.1 Å². The van der Waals surface area contributed by atoms with Crippen molar-refractivity contribution >= 4 is 29.7 Å². The van der Waals surface area contributed by atoms with Crippen molar-refractivity contribution in [3.05, 3.63) is 82.3 Å². The normalized spacial score (nSPS) is 16.0. The van der Waals surface area contributed by atoms with Gasteiger partial charge in [-0.15, -0.1) is 0 Å². The van der Waals surface area contributed by atoms with E-state index in [2.05, 4.69) is 46.8 Å². The lowest BCUT2D eigenvalue weighted by atomic mass is 10.0. The second-order valence-corrected chi connectivity index (χ2v) is 10.3. The molecule has 226 valence electrons. The number of hydrogen-bond donors (Lipinski definition) is 4. The van der Waals surface area contributed by atoms with Crippen LogP contribution in [0.5, 0.6) is 0 Å². The molecule has 10 nitrogen and oxygen atoms in total. The molecule has 1 fully saturated rings. The number of aliphatic imine (C=N–C) groups is 1. The Balaban J connectivity index is 1.74. The van der Waals surface area contributed by atoms with Crippen LogP contribution in [-0.4, -0.2) is 88.3 Å². The third-order valence-corrected chi connectivity index (χ3v) is 7.39. The molecule has 1 aromatic heterocycles. The molecule has 0 amide bonds. The van der Waals surface area contributed by atoms with Gasteiger partial charge in [0.05, 0.1) is 6.61 Å². The van der Waals surface area contributed by atoms with Crippen LogP contribution in [0.25, 0.3) is 11.6 Å². The summed E-state index contributed by atoms with van der Waals surface area (Å²) in [6, 6.07) is 10.0. The van der Waals surface area contributed by atoms with Crippen LogP contribution in [0, 0.1) is 0 Å². The van der Waals surface area contributed by atoms with Gasteiger partial charge in [-0.2, -0.15) is 0 Å². The molecule has 1 aliphatic heterocycles. The highest BCUT2D eigenvalue weighted by atomic mass is 16.4. The summed E-state index contributed by atoms with van der Waals surface area (Å²) in [5.41, 5.74) is 11.2. The topological polar surface area (TPSA) is 139 Å². The number of anilines is 1. The van der Waals surface area contributed by atoms with Crippen molar-refractivity contribution in [2.75, 3.05) is 44.7 Å². The smallest absolute Gasteiger partial charge is 0.328 e. The van der Waals surface area contributed by atoms with E-state index in [9.17, 15) is 15.0 Å². The van der Waals surface area contributed by atoms with E-state index < -0.39 is 12.2 Å². The van der Waals surface area contributed by atoms with Gasteiger partial charge in [-0.3, -0.25) is 4.90 Å². The molecule has 1 unspecified atom stereocenters. The molecule has 2 heterocycles. The average Bonchev–Trinajstić information content (AvgIpc) is 3.01. The second-order valence-electron chi connectivity index (χ2n) is 10.3. The molecule has 1 aliphatic rings. The fraction of sp³-hybridized carbons (Fsp3) is 0.406. The molecule has 2 aromatic rings. The molecule has 0 saturated carbocycles. The van der Waals surface area contributed by atoms with Gasteiger partial charge in [0, 0.05) is 63.3 Å². The Morgan fingerprint density at radius 3 is 2.60 bits per heavy atom. The van der Waals surface area contributed by atoms with Gasteiger partial charge < -0.3 is 30.9 Å². The summed E-state index contributed by atoms with van der Waals surface area (Å²) < 4.78 is 0. The molecule has 5 N–H and O–H groups in total. The molecule has 3 rings (SSSR count). The van der Waals surface area contributed by atoms with Crippen LogP contribution in [0.1, 0.15) is 49.4 Å². The zero-order chi connectivity index (χ0) is 30.6. The Labute approximate surface area is 248 Å². The highest BCUT2D eigenvalue weighted by molar-refractivity contribution is 6.10. The number of aliphatic hydroxyl groups excluding tert-OH is 2. The number of pyridine rings is 1. The standard InChI is InChI=1S/C32H44N6O4/c1-5-23(3)31(35-20-26(6-2)27-9-7-8-25(17-27)21-36(4)29(40)18-33)37-12-14-38(15-13-37)32-28(22-39)16-24(19-34-32)10-11-30(41)42/h6-11,16-17,19-20,29,39-40H,5,12-15,18,21-22,33H2,1-4H3,(H,41,42)/b11-10+,26-6+,31-23-,35-20-. The highest BCUT2D eigenvalue weighted by Gasteiger charge is 2.22. The van der Waals surface area contributed by atoms with E-state index in [0.29, 0.717) is 36.6 Å². The predicted octanol–water partition coefficient (Wildman–Crippen LogP) is 3.32. The number of aliphatic hydroxyl groups is 2. The summed E-state index contributed by atoms with van der Waals surface area (Å²) in [6.07, 6.45) is 8.33. The number of carboxylic acid groups (broad SMARTS) is 1. The number of aromatic nitrogens is 1. The van der Waals surface area contributed by atoms with Crippen LogP contribution in [0.4, 0.5) is 5.82 Å². The van der Waals surface area contributed by atoms with Gasteiger partial charge in [0.1, 0.15) is 17.9 Å². The summed E-state index contributed by atoms with van der Waals surface area (Å²) in [4.78, 5) is 26.6. The SMILES string of the molecule is C\C=C(/C=N\C(=C(/C)CC)N1CCN(c2ncc(/C=C/C(=O)O)cc2CO)CC1)c1cccc(CN(C)C(O)CN)c1. The fourth-order valence-electron chi connectivity index (χ4n) is 4.80. The first-order valence-corrected chi connectivity index (χ1v) is 14.3. The zero-order valence-corrected chi connectivity index (χ0v) is 25.1. The first-order chi connectivity index (χ1) is 20.2. The predicted molar refractivity (Wildman–Crippen MR) is 169 cm³/mol. The molecule has 1 saturated heterocycles. The lowest BCUT2D eigenvalue weighted by molar-refractivity contribution is -0.131. The number of carbonyl (C=O) groups is 1. The molecule has 0 bridgehead atoms. The van der Waals surface area contributed by atoms with Crippen LogP contribution in [0.2, 0.25) is 0 Å². The molecular formula is C32H44N6O4. The summed E-state index contributed by atoms with van der Waals surface area (Å²) in [5.74, 6) is 0.645. The van der Waals surface area contributed by atoms with Crippen molar-refractivity contribution in [3.63, 3.8) is 0 Å². The lowest BCUT2D eigenvalue weighted by Gasteiger charge is -2.38. The Morgan fingerprint density at radius 1 is 1.24 bits per heavy atom. The second kappa shape index (κ2) is 16.0. The van der Waals surface area contributed by atoms with Crippen molar-refractivity contribution in [2.45, 2.75) is 46.6 Å². The van der Waals surface area contributed by atoms with Crippen molar-refractivity contribution in [3.8, 4) is 0 Å². The third-order valence-electron chi connectivity index (χ3n) is 7.39. The number of benzene rings is 1. The number of hydrogen-bond acceptors (Lipinski definition) is 9. The maximum atomic E-state index is 10.8. The van der Waals surface area contributed by atoms with Crippen LogP contribution >= 0.6 is 0 Å². The van der Waals surface area contributed by atoms with Gasteiger partial charge in [0.25, 0.3) is 0 Å². The first kappa shape index (κ1) is 32.7. The number of likely N-dealkylation sites (N-methyl/N-ethyl adjacent to an activating group) is 1. The van der Waals surface area contributed by atoms with Crippen LogP contribution in [0.15, 0.2) is 65.1 Å². The number of allylic oxidation sites excluding steroid dienone is 3. The van der Waals surface area contributed by atoms with Crippen LogP contribution in [-0.2, 0) is 17.9 Å². The van der Waals surface area contributed by atoms with Gasteiger partial charge in [0.2, 0.25) is 0 Å². The van der Waals surface area contributed by atoms with Crippen LogP contribution in [0.3, 0.4) is 0 Å². The number of piperazine rings is 1. The van der Waals surface area contributed by atoms with Crippen molar-refractivity contribution in [1.29, 1.82) is 0 Å². The molecule has 0 radical (unpaired) electrons. The summed E-state index contributed by atoms with van der Waals surface area (Å²) in [5, 5.41) is 28.9. The summed E-state index contributed by atoms with van der Waals surface area (Å²) in [7, 11) is 1.85. The minimum absolute atomic E-state index is 0.181. The van der Waals surface area contributed by atoms with Crippen molar-refractivity contribution in [2.24, 2.45) is 10.7 Å². The van der Waals surface area contributed by atoms with Gasteiger partial charge >= 0.3 is 5.97 Å².